The Morgan fingerprint density at radius 2 is 2.15 bits per heavy atom. The maximum absolute atomic E-state index is 12.3. The summed E-state index contributed by atoms with van der Waals surface area (Å²) in [7, 11) is 0. The van der Waals surface area contributed by atoms with Gasteiger partial charge in [-0.15, -0.1) is 10.2 Å². The average molecular weight is 272 g/mol. The van der Waals surface area contributed by atoms with E-state index in [0.29, 0.717) is 11.1 Å². The third-order valence-corrected chi connectivity index (χ3v) is 3.51. The van der Waals surface area contributed by atoms with Crippen LogP contribution in [0.5, 0.6) is 0 Å². The van der Waals surface area contributed by atoms with Gasteiger partial charge in [0.05, 0.1) is 6.54 Å². The van der Waals surface area contributed by atoms with Gasteiger partial charge in [-0.1, -0.05) is 19.1 Å². The lowest BCUT2D eigenvalue weighted by Gasteiger charge is -2.15. The van der Waals surface area contributed by atoms with Crippen LogP contribution in [0.1, 0.15) is 19.0 Å². The number of amides is 2. The topological polar surface area (TPSA) is 96.0 Å². The Kier molecular flexibility index (Phi) is 2.81. The summed E-state index contributed by atoms with van der Waals surface area (Å²) in [6, 6.07) is 0. The molecule has 102 valence electrons. The lowest BCUT2D eigenvalue weighted by Crippen LogP contribution is -2.34. The predicted molar refractivity (Wildman–Crippen MR) is 68.2 cm³/mol. The van der Waals surface area contributed by atoms with E-state index in [1.165, 1.54) is 0 Å². The molecule has 0 radical (unpaired) electrons. The lowest BCUT2D eigenvalue weighted by atomic mass is 9.90. The maximum atomic E-state index is 12.3. The molecule has 1 unspecified atom stereocenters. The van der Waals surface area contributed by atoms with Crippen molar-refractivity contribution in [3.63, 3.8) is 0 Å². The molecule has 0 aromatic carbocycles. The first kappa shape index (κ1) is 12.5. The summed E-state index contributed by atoms with van der Waals surface area (Å²) in [5.41, 5.74) is 0.548. The van der Waals surface area contributed by atoms with Gasteiger partial charge >= 0.3 is 0 Å². The molecule has 0 bridgehead atoms. The second kappa shape index (κ2) is 4.52. The van der Waals surface area contributed by atoms with Crippen molar-refractivity contribution in [2.45, 2.75) is 19.9 Å². The van der Waals surface area contributed by atoms with Crippen molar-refractivity contribution in [3.05, 3.63) is 45.7 Å². The van der Waals surface area contributed by atoms with E-state index < -0.39 is 5.56 Å². The highest BCUT2D eigenvalue weighted by molar-refractivity contribution is 6.21. The number of carbonyl (C=O) groups is 2. The van der Waals surface area contributed by atoms with Crippen LogP contribution in [-0.2, 0) is 16.1 Å². The third-order valence-electron chi connectivity index (χ3n) is 3.51. The van der Waals surface area contributed by atoms with Crippen molar-refractivity contribution in [2.75, 3.05) is 0 Å². The fourth-order valence-corrected chi connectivity index (χ4v) is 2.47. The number of aromatic nitrogens is 3. The van der Waals surface area contributed by atoms with Crippen LogP contribution in [0, 0.1) is 5.92 Å². The third kappa shape index (κ3) is 1.78. The van der Waals surface area contributed by atoms with Crippen LogP contribution in [0.3, 0.4) is 0 Å². The smallest absolute Gasteiger partial charge is 0.274 e. The monoisotopic (exact) mass is 272 g/mol. The first-order valence-corrected chi connectivity index (χ1v) is 6.25. The number of H-pyrrole nitrogens is 1. The number of hydrogen-bond acceptors (Lipinski definition) is 5. The van der Waals surface area contributed by atoms with Crippen LogP contribution in [-0.4, -0.2) is 31.9 Å². The summed E-state index contributed by atoms with van der Waals surface area (Å²) >= 11 is 0. The minimum Gasteiger partial charge on any atom is -0.310 e. The van der Waals surface area contributed by atoms with Gasteiger partial charge in [-0.3, -0.25) is 19.3 Å². The first-order valence-electron chi connectivity index (χ1n) is 6.25. The Bertz CT molecular complexity index is 716. The van der Waals surface area contributed by atoms with E-state index in [1.807, 2.05) is 13.0 Å². The van der Waals surface area contributed by atoms with Crippen molar-refractivity contribution in [1.82, 2.24) is 20.1 Å². The van der Waals surface area contributed by atoms with E-state index in [0.717, 1.165) is 17.6 Å². The zero-order valence-electron chi connectivity index (χ0n) is 10.8. The largest absolute Gasteiger partial charge is 0.310 e. The summed E-state index contributed by atoms with van der Waals surface area (Å²) in [6.07, 6.45) is 5.45. The van der Waals surface area contributed by atoms with Crippen LogP contribution in [0.4, 0.5) is 0 Å². The van der Waals surface area contributed by atoms with Crippen molar-refractivity contribution in [3.8, 4) is 0 Å². The minimum atomic E-state index is -0.450. The molecule has 20 heavy (non-hydrogen) atoms. The molecule has 7 nitrogen and oxygen atoms in total. The number of aromatic amines is 1. The molecule has 0 saturated carbocycles. The first-order chi connectivity index (χ1) is 9.59. The number of nitrogens with one attached hydrogen (secondary N) is 1. The fraction of sp³-hybridized carbons (Fsp3) is 0.308. The molecule has 1 aromatic rings. The summed E-state index contributed by atoms with van der Waals surface area (Å²) < 4.78 is 0. The minimum absolute atomic E-state index is 0.0107. The van der Waals surface area contributed by atoms with E-state index in [4.69, 9.17) is 0 Å². The van der Waals surface area contributed by atoms with E-state index in [1.54, 1.807) is 6.08 Å². The molecule has 1 aliphatic heterocycles. The summed E-state index contributed by atoms with van der Waals surface area (Å²) in [5.74, 6) is -0.707. The van der Waals surface area contributed by atoms with Gasteiger partial charge in [-0.05, 0) is 12.3 Å². The van der Waals surface area contributed by atoms with Crippen LogP contribution in [0.15, 0.2) is 34.4 Å². The van der Waals surface area contributed by atoms with Gasteiger partial charge in [0, 0.05) is 11.1 Å². The highest BCUT2D eigenvalue weighted by Crippen LogP contribution is 2.33. The van der Waals surface area contributed by atoms with Crippen LogP contribution < -0.4 is 5.56 Å². The van der Waals surface area contributed by atoms with Gasteiger partial charge in [0.25, 0.3) is 17.4 Å². The molecule has 1 atom stereocenters. The Hall–Kier alpha value is -2.57. The molecule has 0 saturated heterocycles. The van der Waals surface area contributed by atoms with Crippen molar-refractivity contribution in [1.29, 1.82) is 0 Å². The average Bonchev–Trinajstić information content (AvgIpc) is 2.67. The van der Waals surface area contributed by atoms with Gasteiger partial charge in [-0.25, -0.2) is 0 Å². The van der Waals surface area contributed by atoms with Crippen LogP contribution >= 0.6 is 0 Å². The molecule has 0 fully saturated rings. The highest BCUT2D eigenvalue weighted by Gasteiger charge is 2.40. The SMILES string of the molecule is CC1CC=CC2=C1C(=O)N(Cc1nnc[nH]c1=O)C2=O. The van der Waals surface area contributed by atoms with Gasteiger partial charge < -0.3 is 4.98 Å². The molecule has 3 rings (SSSR count). The molecule has 0 spiro atoms. The second-order valence-corrected chi connectivity index (χ2v) is 4.83. The van der Waals surface area contributed by atoms with Crippen molar-refractivity contribution >= 4 is 11.8 Å². The van der Waals surface area contributed by atoms with Gasteiger partial charge in [-0.2, -0.15) is 0 Å². The summed E-state index contributed by atoms with van der Waals surface area (Å²) in [4.78, 5) is 39.6. The molecular formula is C13H12N4O3. The van der Waals surface area contributed by atoms with E-state index in [9.17, 15) is 14.4 Å². The predicted octanol–water partition coefficient (Wildman–Crippen LogP) is -0.0737. The number of nitrogens with zero attached hydrogens (tertiary/aromatic N) is 3. The molecular weight excluding hydrogens is 260 g/mol. The van der Waals surface area contributed by atoms with Crippen molar-refractivity contribution < 1.29 is 9.59 Å². The Balaban J connectivity index is 1.93. The summed E-state index contributed by atoms with van der Waals surface area (Å²) in [6.45, 7) is 1.75. The second-order valence-electron chi connectivity index (χ2n) is 4.83. The normalized spacial score (nSPS) is 21.6. The van der Waals surface area contributed by atoms with Crippen LogP contribution in [0.25, 0.3) is 0 Å². The molecule has 2 heterocycles. The molecule has 1 aromatic heterocycles. The Labute approximate surface area is 114 Å². The molecule has 2 amide bonds. The van der Waals surface area contributed by atoms with Crippen molar-refractivity contribution in [2.24, 2.45) is 5.92 Å². The number of hydrogen-bond donors (Lipinski definition) is 1. The van der Waals surface area contributed by atoms with E-state index >= 15 is 0 Å². The van der Waals surface area contributed by atoms with Gasteiger partial charge in [0.1, 0.15) is 12.0 Å². The number of carbonyl (C=O) groups excluding carboxylic acids is 2. The number of imide groups is 1. The zero-order chi connectivity index (χ0) is 14.3. The van der Waals surface area contributed by atoms with E-state index in [2.05, 4.69) is 15.2 Å². The quantitative estimate of drug-likeness (QED) is 0.760. The molecule has 1 N–H and O–H groups in total. The number of rotatable bonds is 2. The number of allylic oxidation sites excluding steroid dienone is 1. The van der Waals surface area contributed by atoms with Gasteiger partial charge in [0.15, 0.2) is 0 Å². The molecule has 2 aliphatic rings. The molecule has 7 heteroatoms. The van der Waals surface area contributed by atoms with E-state index in [-0.39, 0.29) is 30.0 Å². The fourth-order valence-electron chi connectivity index (χ4n) is 2.47. The Morgan fingerprint density at radius 3 is 2.85 bits per heavy atom. The van der Waals surface area contributed by atoms with Crippen LogP contribution in [0.2, 0.25) is 0 Å². The molecule has 1 aliphatic carbocycles. The summed E-state index contributed by atoms with van der Waals surface area (Å²) in [5, 5.41) is 7.23. The highest BCUT2D eigenvalue weighted by atomic mass is 16.2. The van der Waals surface area contributed by atoms with Gasteiger partial charge in [0.2, 0.25) is 0 Å². The maximum Gasteiger partial charge on any atom is 0.274 e. The lowest BCUT2D eigenvalue weighted by molar-refractivity contribution is -0.138. The Morgan fingerprint density at radius 1 is 1.35 bits per heavy atom. The standard InChI is InChI=1S/C13H12N4O3/c1-7-3-2-4-8-10(7)13(20)17(12(8)19)5-9-11(18)14-6-15-16-9/h2,4,6-7H,3,5H2,1H3,(H,14,15,18). The zero-order valence-corrected chi connectivity index (χ0v) is 10.8.